The highest BCUT2D eigenvalue weighted by Crippen LogP contribution is 2.20. The number of carbonyl (C=O) groups excluding carboxylic acids is 1. The quantitative estimate of drug-likeness (QED) is 0.821. The van der Waals surface area contributed by atoms with Crippen molar-refractivity contribution in [1.82, 2.24) is 10.2 Å². The average molecular weight is 292 g/mol. The number of nitrogens with one attached hydrogen (secondary N) is 1. The van der Waals surface area contributed by atoms with E-state index in [-0.39, 0.29) is 12.5 Å². The van der Waals surface area contributed by atoms with Gasteiger partial charge in [0.2, 0.25) is 0 Å². The van der Waals surface area contributed by atoms with Crippen LogP contribution in [0.1, 0.15) is 33.0 Å². The number of amides is 1. The van der Waals surface area contributed by atoms with Gasteiger partial charge in [0.25, 0.3) is 5.91 Å². The molecule has 20 heavy (non-hydrogen) atoms. The Morgan fingerprint density at radius 1 is 1.50 bits per heavy atom. The van der Waals surface area contributed by atoms with Crippen molar-refractivity contribution in [2.45, 2.75) is 19.8 Å². The molecule has 108 valence electrons. The second-order valence-electron chi connectivity index (χ2n) is 4.89. The summed E-state index contributed by atoms with van der Waals surface area (Å²) in [5.74, 6) is 5.45. The number of rotatable bonds is 4. The van der Waals surface area contributed by atoms with Crippen molar-refractivity contribution in [1.29, 1.82) is 0 Å². The van der Waals surface area contributed by atoms with E-state index in [9.17, 15) is 4.79 Å². The van der Waals surface area contributed by atoms with E-state index in [2.05, 4.69) is 22.1 Å². The first-order valence-electron chi connectivity index (χ1n) is 6.91. The lowest BCUT2D eigenvalue weighted by molar-refractivity contribution is 0.0954. The number of carbonyl (C=O) groups is 1. The number of hydrogen-bond acceptors (Lipinski definition) is 4. The summed E-state index contributed by atoms with van der Waals surface area (Å²) in [5, 5.41) is 11.7. The fourth-order valence-electron chi connectivity index (χ4n) is 2.26. The van der Waals surface area contributed by atoms with E-state index in [1.165, 1.54) is 24.2 Å². The first-order chi connectivity index (χ1) is 9.70. The van der Waals surface area contributed by atoms with Gasteiger partial charge in [0.05, 0.1) is 9.75 Å². The molecule has 1 aromatic heterocycles. The van der Waals surface area contributed by atoms with Crippen LogP contribution in [-0.2, 0) is 0 Å². The second kappa shape index (κ2) is 7.44. The molecular weight excluding hydrogens is 272 g/mol. The summed E-state index contributed by atoms with van der Waals surface area (Å²) < 4.78 is 0. The average Bonchev–Trinajstić information content (AvgIpc) is 3.06. The summed E-state index contributed by atoms with van der Waals surface area (Å²) in [6, 6.07) is 1.86. The summed E-state index contributed by atoms with van der Waals surface area (Å²) in [4.78, 5) is 16.0. The molecule has 5 heteroatoms. The van der Waals surface area contributed by atoms with Crippen LogP contribution in [0.15, 0.2) is 6.07 Å². The Morgan fingerprint density at radius 2 is 2.25 bits per heavy atom. The zero-order valence-corrected chi connectivity index (χ0v) is 12.6. The van der Waals surface area contributed by atoms with Crippen molar-refractivity contribution < 1.29 is 9.90 Å². The standard InChI is InChI=1S/C15H20N2O2S/c1-12-11-14(20-13(12)5-4-10-18)15(19)16-6-9-17-7-2-3-8-17/h11,18H,2-3,6-10H2,1H3,(H,16,19). The predicted molar refractivity (Wildman–Crippen MR) is 81.0 cm³/mol. The summed E-state index contributed by atoms with van der Waals surface area (Å²) in [7, 11) is 0. The molecule has 0 bridgehead atoms. The topological polar surface area (TPSA) is 52.6 Å². The molecule has 0 aromatic carbocycles. The first kappa shape index (κ1) is 15.0. The van der Waals surface area contributed by atoms with Gasteiger partial charge in [-0.3, -0.25) is 4.79 Å². The number of nitrogens with zero attached hydrogens (tertiary/aromatic N) is 1. The van der Waals surface area contributed by atoms with Gasteiger partial charge in [-0.1, -0.05) is 11.8 Å². The maximum absolute atomic E-state index is 12.0. The maximum Gasteiger partial charge on any atom is 0.261 e. The van der Waals surface area contributed by atoms with E-state index in [1.54, 1.807) is 0 Å². The molecule has 1 amide bonds. The minimum Gasteiger partial charge on any atom is -0.384 e. The van der Waals surface area contributed by atoms with Crippen LogP contribution in [0, 0.1) is 18.8 Å². The zero-order chi connectivity index (χ0) is 14.4. The van der Waals surface area contributed by atoms with Crippen LogP contribution in [0.25, 0.3) is 0 Å². The molecule has 2 rings (SSSR count). The van der Waals surface area contributed by atoms with Crippen LogP contribution < -0.4 is 5.32 Å². The first-order valence-corrected chi connectivity index (χ1v) is 7.73. The fourth-order valence-corrected chi connectivity index (χ4v) is 3.22. The van der Waals surface area contributed by atoms with Gasteiger partial charge < -0.3 is 15.3 Å². The molecule has 2 N–H and O–H groups in total. The third kappa shape index (κ3) is 4.07. The number of thiophene rings is 1. The van der Waals surface area contributed by atoms with Crippen LogP contribution in [0.5, 0.6) is 0 Å². The number of hydrogen-bond donors (Lipinski definition) is 2. The molecule has 1 aliphatic rings. The monoisotopic (exact) mass is 292 g/mol. The molecule has 0 aliphatic carbocycles. The van der Waals surface area contributed by atoms with Gasteiger partial charge in [-0.15, -0.1) is 11.3 Å². The molecule has 0 radical (unpaired) electrons. The van der Waals surface area contributed by atoms with E-state index < -0.39 is 0 Å². The lowest BCUT2D eigenvalue weighted by Gasteiger charge is -2.14. The van der Waals surface area contributed by atoms with Gasteiger partial charge >= 0.3 is 0 Å². The number of aliphatic hydroxyl groups is 1. The maximum atomic E-state index is 12.0. The lowest BCUT2D eigenvalue weighted by atomic mass is 10.2. The smallest absolute Gasteiger partial charge is 0.261 e. The molecule has 2 heterocycles. The summed E-state index contributed by atoms with van der Waals surface area (Å²) in [5.41, 5.74) is 0.987. The van der Waals surface area contributed by atoms with Gasteiger partial charge in [-0.2, -0.15) is 0 Å². The molecule has 1 saturated heterocycles. The van der Waals surface area contributed by atoms with Crippen LogP contribution in [0.4, 0.5) is 0 Å². The molecule has 1 fully saturated rings. The Bertz CT molecular complexity index is 522. The molecule has 1 aromatic rings. The molecule has 4 nitrogen and oxygen atoms in total. The normalized spacial score (nSPS) is 14.9. The van der Waals surface area contributed by atoms with Crippen molar-refractivity contribution in [3.8, 4) is 11.8 Å². The number of likely N-dealkylation sites (tertiary alicyclic amines) is 1. The van der Waals surface area contributed by atoms with Crippen molar-refractivity contribution in [3.63, 3.8) is 0 Å². The van der Waals surface area contributed by atoms with Gasteiger partial charge in [0.1, 0.15) is 6.61 Å². The molecular formula is C15H20N2O2S. The van der Waals surface area contributed by atoms with Gasteiger partial charge in [-0.05, 0) is 44.5 Å². The third-order valence-corrected chi connectivity index (χ3v) is 4.49. The second-order valence-corrected chi connectivity index (χ2v) is 5.94. The van der Waals surface area contributed by atoms with E-state index in [1.807, 2.05) is 13.0 Å². The van der Waals surface area contributed by atoms with Crippen LogP contribution in [-0.4, -0.2) is 48.7 Å². The Hall–Kier alpha value is -1.35. The van der Waals surface area contributed by atoms with Crippen LogP contribution >= 0.6 is 11.3 Å². The predicted octanol–water partition coefficient (Wildman–Crippen LogP) is 1.23. The van der Waals surface area contributed by atoms with Gasteiger partial charge in [0.15, 0.2) is 0 Å². The Labute approximate surface area is 123 Å². The van der Waals surface area contributed by atoms with E-state index in [4.69, 9.17) is 5.11 Å². The summed E-state index contributed by atoms with van der Waals surface area (Å²) in [6.45, 7) is 5.68. The van der Waals surface area contributed by atoms with Gasteiger partial charge in [0, 0.05) is 13.1 Å². The van der Waals surface area contributed by atoms with E-state index in [0.717, 1.165) is 30.1 Å². The Balaban J connectivity index is 1.85. The number of aliphatic hydroxyl groups excluding tert-OH is 1. The SMILES string of the molecule is Cc1cc(C(=O)NCCN2CCCC2)sc1C#CCO. The molecule has 0 saturated carbocycles. The lowest BCUT2D eigenvalue weighted by Crippen LogP contribution is -2.33. The Kier molecular flexibility index (Phi) is 5.60. The highest BCUT2D eigenvalue weighted by Gasteiger charge is 2.13. The molecule has 1 aliphatic heterocycles. The van der Waals surface area contributed by atoms with Crippen molar-refractivity contribution in [2.24, 2.45) is 0 Å². The van der Waals surface area contributed by atoms with Gasteiger partial charge in [-0.25, -0.2) is 0 Å². The molecule has 0 atom stereocenters. The molecule has 0 spiro atoms. The highest BCUT2D eigenvalue weighted by molar-refractivity contribution is 7.14. The molecule has 0 unspecified atom stereocenters. The van der Waals surface area contributed by atoms with Crippen molar-refractivity contribution in [2.75, 3.05) is 32.8 Å². The third-order valence-electron chi connectivity index (χ3n) is 3.33. The summed E-state index contributed by atoms with van der Waals surface area (Å²) >= 11 is 1.38. The summed E-state index contributed by atoms with van der Waals surface area (Å²) in [6.07, 6.45) is 2.54. The minimum atomic E-state index is -0.158. The largest absolute Gasteiger partial charge is 0.384 e. The van der Waals surface area contributed by atoms with Crippen LogP contribution in [0.3, 0.4) is 0 Å². The van der Waals surface area contributed by atoms with Crippen LogP contribution in [0.2, 0.25) is 0 Å². The zero-order valence-electron chi connectivity index (χ0n) is 11.7. The highest BCUT2D eigenvalue weighted by atomic mass is 32.1. The van der Waals surface area contributed by atoms with Crippen molar-refractivity contribution >= 4 is 17.2 Å². The Morgan fingerprint density at radius 3 is 2.95 bits per heavy atom. The number of aryl methyl sites for hydroxylation is 1. The minimum absolute atomic E-state index is 0.0330. The van der Waals surface area contributed by atoms with E-state index >= 15 is 0 Å². The van der Waals surface area contributed by atoms with Crippen molar-refractivity contribution in [3.05, 3.63) is 21.4 Å². The van der Waals surface area contributed by atoms with E-state index in [0.29, 0.717) is 11.4 Å². The fraction of sp³-hybridized carbons (Fsp3) is 0.533.